The van der Waals surface area contributed by atoms with Crippen molar-refractivity contribution in [2.24, 2.45) is 5.92 Å². The second-order valence-electron chi connectivity index (χ2n) is 4.32. The molecule has 0 aliphatic heterocycles. The Labute approximate surface area is 103 Å². The van der Waals surface area contributed by atoms with Crippen LogP contribution in [0.4, 0.5) is 13.2 Å². The molecule has 0 aromatic carbocycles. The lowest BCUT2D eigenvalue weighted by molar-refractivity contribution is -0.139. The van der Waals surface area contributed by atoms with Crippen LogP contribution in [-0.2, 0) is 14.8 Å². The highest BCUT2D eigenvalue weighted by molar-refractivity contribution is 7.89. The molecule has 0 unspecified atom stereocenters. The van der Waals surface area contributed by atoms with Gasteiger partial charge >= 0.3 is 12.1 Å². The molecule has 0 bridgehead atoms. The number of carboxylic acids is 1. The molecule has 9 heteroatoms. The highest BCUT2D eigenvalue weighted by Crippen LogP contribution is 2.20. The van der Waals surface area contributed by atoms with E-state index in [9.17, 15) is 26.4 Å². The predicted octanol–water partition coefficient (Wildman–Crippen LogP) is 1.36. The van der Waals surface area contributed by atoms with Gasteiger partial charge in [-0.05, 0) is 12.3 Å². The first-order valence-corrected chi connectivity index (χ1v) is 6.88. The molecule has 0 rings (SSSR count). The third kappa shape index (κ3) is 8.29. The zero-order chi connectivity index (χ0) is 14.6. The zero-order valence-corrected chi connectivity index (χ0v) is 10.8. The SMILES string of the molecule is CC(C)C[C@H](NS(=O)(=O)CCC(F)(F)F)C(=O)O. The van der Waals surface area contributed by atoms with Crippen molar-refractivity contribution in [3.8, 4) is 0 Å². The van der Waals surface area contributed by atoms with Crippen molar-refractivity contribution < 1.29 is 31.5 Å². The maximum absolute atomic E-state index is 11.9. The van der Waals surface area contributed by atoms with Crippen molar-refractivity contribution in [1.82, 2.24) is 4.72 Å². The van der Waals surface area contributed by atoms with Crippen LogP contribution >= 0.6 is 0 Å². The molecule has 0 spiro atoms. The Kier molecular flexibility index (Phi) is 6.08. The lowest BCUT2D eigenvalue weighted by Gasteiger charge is -2.16. The number of hydrogen-bond donors (Lipinski definition) is 2. The average molecular weight is 291 g/mol. The molecular formula is C9H16F3NO4S. The highest BCUT2D eigenvalue weighted by Gasteiger charge is 2.32. The molecule has 0 radical (unpaired) electrons. The first-order valence-electron chi connectivity index (χ1n) is 5.22. The summed E-state index contributed by atoms with van der Waals surface area (Å²) in [7, 11) is -4.26. The minimum atomic E-state index is -4.59. The van der Waals surface area contributed by atoms with Crippen LogP contribution in [0.2, 0.25) is 0 Å². The smallest absolute Gasteiger partial charge is 0.390 e. The summed E-state index contributed by atoms with van der Waals surface area (Å²) in [5.74, 6) is -2.67. The molecule has 0 heterocycles. The lowest BCUT2D eigenvalue weighted by atomic mass is 10.1. The summed E-state index contributed by atoms with van der Waals surface area (Å²) in [5, 5.41) is 8.76. The molecule has 0 aliphatic carbocycles. The fraction of sp³-hybridized carbons (Fsp3) is 0.889. The summed E-state index contributed by atoms with van der Waals surface area (Å²) >= 11 is 0. The Morgan fingerprint density at radius 2 is 1.83 bits per heavy atom. The van der Waals surface area contributed by atoms with Gasteiger partial charge in [-0.15, -0.1) is 0 Å². The van der Waals surface area contributed by atoms with Crippen LogP contribution in [0.15, 0.2) is 0 Å². The molecule has 18 heavy (non-hydrogen) atoms. The quantitative estimate of drug-likeness (QED) is 0.742. The fourth-order valence-electron chi connectivity index (χ4n) is 1.20. The van der Waals surface area contributed by atoms with Crippen molar-refractivity contribution in [1.29, 1.82) is 0 Å². The van der Waals surface area contributed by atoms with E-state index in [2.05, 4.69) is 0 Å². The van der Waals surface area contributed by atoms with E-state index in [1.165, 1.54) is 0 Å². The molecule has 0 saturated heterocycles. The van der Waals surface area contributed by atoms with Gasteiger partial charge in [0.1, 0.15) is 6.04 Å². The zero-order valence-electron chi connectivity index (χ0n) is 9.99. The molecule has 1 atom stereocenters. The molecule has 0 aromatic heterocycles. The Balaban J connectivity index is 4.57. The van der Waals surface area contributed by atoms with Crippen LogP contribution in [0.5, 0.6) is 0 Å². The third-order valence-corrected chi connectivity index (χ3v) is 3.37. The van der Waals surface area contributed by atoms with E-state index in [-0.39, 0.29) is 12.3 Å². The summed E-state index contributed by atoms with van der Waals surface area (Å²) in [6, 6.07) is -1.40. The van der Waals surface area contributed by atoms with Crippen LogP contribution in [0.1, 0.15) is 26.7 Å². The van der Waals surface area contributed by atoms with E-state index < -0.39 is 40.4 Å². The maximum atomic E-state index is 11.9. The summed E-state index contributed by atoms with van der Waals surface area (Å²) in [4.78, 5) is 10.8. The van der Waals surface area contributed by atoms with Gasteiger partial charge in [0, 0.05) is 0 Å². The highest BCUT2D eigenvalue weighted by atomic mass is 32.2. The minimum Gasteiger partial charge on any atom is -0.480 e. The normalized spacial score (nSPS) is 14.8. The largest absolute Gasteiger partial charge is 0.480 e. The van der Waals surface area contributed by atoms with Crippen molar-refractivity contribution >= 4 is 16.0 Å². The first kappa shape index (κ1) is 17.2. The third-order valence-electron chi connectivity index (χ3n) is 1.98. The topological polar surface area (TPSA) is 83.5 Å². The summed E-state index contributed by atoms with van der Waals surface area (Å²) < 4.78 is 60.0. The molecule has 108 valence electrons. The number of sulfonamides is 1. The molecular weight excluding hydrogens is 275 g/mol. The van der Waals surface area contributed by atoms with Crippen molar-refractivity contribution in [2.75, 3.05) is 5.75 Å². The second kappa shape index (κ2) is 6.37. The van der Waals surface area contributed by atoms with Gasteiger partial charge in [-0.3, -0.25) is 4.79 Å². The van der Waals surface area contributed by atoms with Gasteiger partial charge in [0.15, 0.2) is 0 Å². The van der Waals surface area contributed by atoms with E-state index >= 15 is 0 Å². The standard InChI is InChI=1S/C9H16F3NO4S/c1-6(2)5-7(8(14)15)13-18(16,17)4-3-9(10,11)12/h6-7,13H,3-5H2,1-2H3,(H,14,15)/t7-/m0/s1. The number of rotatable bonds is 7. The maximum Gasteiger partial charge on any atom is 0.390 e. The lowest BCUT2D eigenvalue weighted by Crippen LogP contribution is -2.43. The van der Waals surface area contributed by atoms with Gasteiger partial charge < -0.3 is 5.11 Å². The van der Waals surface area contributed by atoms with E-state index in [0.29, 0.717) is 0 Å². The summed E-state index contributed by atoms with van der Waals surface area (Å²) in [6.45, 7) is 3.36. The number of carbonyl (C=O) groups is 1. The second-order valence-corrected chi connectivity index (χ2v) is 6.20. The molecule has 0 fully saturated rings. The first-order chi connectivity index (χ1) is 7.93. The van der Waals surface area contributed by atoms with Crippen LogP contribution in [0.25, 0.3) is 0 Å². The number of aliphatic carboxylic acids is 1. The Morgan fingerprint density at radius 3 is 2.17 bits per heavy atom. The Hall–Kier alpha value is -0.830. The van der Waals surface area contributed by atoms with Gasteiger partial charge in [-0.1, -0.05) is 13.8 Å². The van der Waals surface area contributed by atoms with Gasteiger partial charge in [0.05, 0.1) is 12.2 Å². The fourth-order valence-corrected chi connectivity index (χ4v) is 2.45. The molecule has 0 aromatic rings. The Bertz CT molecular complexity index is 378. The summed E-state index contributed by atoms with van der Waals surface area (Å²) in [5.41, 5.74) is 0. The van der Waals surface area contributed by atoms with Crippen LogP contribution in [0.3, 0.4) is 0 Å². The molecule has 0 amide bonds. The van der Waals surface area contributed by atoms with Crippen molar-refractivity contribution in [2.45, 2.75) is 38.9 Å². The number of hydrogen-bond acceptors (Lipinski definition) is 3. The average Bonchev–Trinajstić information content (AvgIpc) is 2.11. The van der Waals surface area contributed by atoms with E-state index in [1.54, 1.807) is 18.6 Å². The molecule has 0 aliphatic rings. The molecule has 5 nitrogen and oxygen atoms in total. The van der Waals surface area contributed by atoms with E-state index in [0.717, 1.165) is 0 Å². The monoisotopic (exact) mass is 291 g/mol. The summed E-state index contributed by atoms with van der Waals surface area (Å²) in [6.07, 6.45) is -6.08. The van der Waals surface area contributed by atoms with E-state index in [4.69, 9.17) is 5.11 Å². The van der Waals surface area contributed by atoms with Crippen LogP contribution in [-0.4, -0.2) is 37.5 Å². The van der Waals surface area contributed by atoms with Gasteiger partial charge in [-0.25, -0.2) is 13.1 Å². The van der Waals surface area contributed by atoms with Gasteiger partial charge in [-0.2, -0.15) is 13.2 Å². The minimum absolute atomic E-state index is 0.0145. The van der Waals surface area contributed by atoms with Crippen molar-refractivity contribution in [3.63, 3.8) is 0 Å². The van der Waals surface area contributed by atoms with Crippen molar-refractivity contribution in [3.05, 3.63) is 0 Å². The van der Waals surface area contributed by atoms with E-state index in [1.807, 2.05) is 0 Å². The van der Waals surface area contributed by atoms with Crippen LogP contribution < -0.4 is 4.72 Å². The molecule has 0 saturated carbocycles. The van der Waals surface area contributed by atoms with Crippen LogP contribution in [0, 0.1) is 5.92 Å². The number of carboxylic acid groups (broad SMARTS) is 1. The number of alkyl halides is 3. The predicted molar refractivity (Wildman–Crippen MR) is 58.5 cm³/mol. The Morgan fingerprint density at radius 1 is 1.33 bits per heavy atom. The van der Waals surface area contributed by atoms with Gasteiger partial charge in [0.2, 0.25) is 10.0 Å². The van der Waals surface area contributed by atoms with Gasteiger partial charge in [0.25, 0.3) is 0 Å². The number of halogens is 3. The number of nitrogens with one attached hydrogen (secondary N) is 1. The molecule has 2 N–H and O–H groups in total.